The van der Waals surface area contributed by atoms with Crippen molar-refractivity contribution >= 4 is 26.8 Å². The van der Waals surface area contributed by atoms with Crippen LogP contribution >= 0.6 is 15.9 Å². The summed E-state index contributed by atoms with van der Waals surface area (Å²) >= 11 is 3.53. The number of hydrogen-bond acceptors (Lipinski definition) is 2. The Labute approximate surface area is 136 Å². The molecule has 2 aromatic carbocycles. The number of rotatable bonds is 3. The van der Waals surface area contributed by atoms with Crippen LogP contribution in [0.2, 0.25) is 0 Å². The van der Waals surface area contributed by atoms with Crippen LogP contribution in [-0.4, -0.2) is 9.55 Å². The Hall–Kier alpha value is -1.94. The van der Waals surface area contributed by atoms with Crippen molar-refractivity contribution in [3.05, 3.63) is 63.5 Å². The van der Waals surface area contributed by atoms with E-state index in [0.717, 1.165) is 33.2 Å². The van der Waals surface area contributed by atoms with Gasteiger partial charge in [-0.15, -0.1) is 0 Å². The minimum atomic E-state index is -0.152. The molecule has 1 fully saturated rings. The fourth-order valence-electron chi connectivity index (χ4n) is 2.80. The lowest BCUT2D eigenvalue weighted by atomic mass is 10.1. The van der Waals surface area contributed by atoms with E-state index in [9.17, 15) is 4.79 Å². The van der Waals surface area contributed by atoms with Gasteiger partial charge in [0.1, 0.15) is 0 Å². The number of hydrogen-bond donors (Lipinski definition) is 0. The van der Waals surface area contributed by atoms with Gasteiger partial charge in [0.25, 0.3) is 0 Å². The first-order valence-electron chi connectivity index (χ1n) is 7.48. The molecule has 0 N–H and O–H groups in total. The van der Waals surface area contributed by atoms with Crippen LogP contribution in [0, 0.1) is 5.92 Å². The summed E-state index contributed by atoms with van der Waals surface area (Å²) in [6.45, 7) is 0.777. The first-order chi connectivity index (χ1) is 10.7. The van der Waals surface area contributed by atoms with Gasteiger partial charge in [-0.1, -0.05) is 46.3 Å². The molecule has 3 aromatic rings. The molecule has 0 unspecified atom stereocenters. The highest BCUT2D eigenvalue weighted by Crippen LogP contribution is 2.33. The fourth-order valence-corrected chi connectivity index (χ4v) is 3.16. The predicted octanol–water partition coefficient (Wildman–Crippen LogP) is 4.24. The highest BCUT2D eigenvalue weighted by molar-refractivity contribution is 9.10. The number of nitrogens with zero attached hydrogens (tertiary/aromatic N) is 2. The third kappa shape index (κ3) is 2.48. The molecule has 0 aliphatic heterocycles. The van der Waals surface area contributed by atoms with E-state index in [1.807, 2.05) is 53.1 Å². The van der Waals surface area contributed by atoms with Gasteiger partial charge in [-0.25, -0.2) is 4.79 Å². The minimum Gasteiger partial charge on any atom is -0.292 e. The molecule has 0 saturated heterocycles. The normalized spacial score (nSPS) is 14.4. The van der Waals surface area contributed by atoms with Crippen LogP contribution in [0.1, 0.15) is 12.8 Å². The molecule has 0 radical (unpaired) electrons. The molecule has 0 atom stereocenters. The monoisotopic (exact) mass is 354 g/mol. The van der Waals surface area contributed by atoms with Gasteiger partial charge in [-0.05, 0) is 37.0 Å². The van der Waals surface area contributed by atoms with Crippen molar-refractivity contribution in [1.29, 1.82) is 0 Å². The molecule has 4 rings (SSSR count). The average molecular weight is 355 g/mol. The zero-order chi connectivity index (χ0) is 15.1. The highest BCUT2D eigenvalue weighted by Gasteiger charge is 2.24. The van der Waals surface area contributed by atoms with E-state index in [-0.39, 0.29) is 5.69 Å². The maximum Gasteiger partial charge on any atom is 0.348 e. The standard InChI is InChI=1S/C18H15BrN2O/c19-14-8-9-16-15(10-14)17(13-4-2-1-3-5-13)20-18(22)21(16)11-12-6-7-12/h1-5,8-10,12H,6-7,11H2. The smallest absolute Gasteiger partial charge is 0.292 e. The maximum atomic E-state index is 12.5. The Morgan fingerprint density at radius 2 is 1.91 bits per heavy atom. The lowest BCUT2D eigenvalue weighted by molar-refractivity contribution is 0.614. The lowest BCUT2D eigenvalue weighted by Crippen LogP contribution is -2.24. The van der Waals surface area contributed by atoms with Crippen LogP contribution in [0.15, 0.2) is 57.8 Å². The van der Waals surface area contributed by atoms with E-state index in [4.69, 9.17) is 0 Å². The molecule has 0 bridgehead atoms. The van der Waals surface area contributed by atoms with Crippen LogP contribution in [0.3, 0.4) is 0 Å². The Morgan fingerprint density at radius 3 is 2.64 bits per heavy atom. The maximum absolute atomic E-state index is 12.5. The van der Waals surface area contributed by atoms with Crippen LogP contribution in [-0.2, 0) is 6.54 Å². The molecule has 1 heterocycles. The number of benzene rings is 2. The number of fused-ring (bicyclic) bond motifs is 1. The van der Waals surface area contributed by atoms with Gasteiger partial charge in [0.2, 0.25) is 0 Å². The van der Waals surface area contributed by atoms with Gasteiger partial charge in [-0.3, -0.25) is 4.57 Å². The summed E-state index contributed by atoms with van der Waals surface area (Å²) in [6, 6.07) is 15.9. The molecule has 0 spiro atoms. The second-order valence-electron chi connectivity index (χ2n) is 5.82. The first kappa shape index (κ1) is 13.7. The number of aromatic nitrogens is 2. The van der Waals surface area contributed by atoms with Crippen molar-refractivity contribution in [1.82, 2.24) is 9.55 Å². The lowest BCUT2D eigenvalue weighted by Gasteiger charge is -2.13. The largest absolute Gasteiger partial charge is 0.348 e. The Bertz CT molecular complexity index is 898. The van der Waals surface area contributed by atoms with Crippen LogP contribution in [0.4, 0.5) is 0 Å². The fraction of sp³-hybridized carbons (Fsp3) is 0.222. The molecular formula is C18H15BrN2O. The van der Waals surface area contributed by atoms with Gasteiger partial charge < -0.3 is 0 Å². The molecule has 1 aliphatic carbocycles. The summed E-state index contributed by atoms with van der Waals surface area (Å²) in [5, 5.41) is 1.01. The molecule has 3 nitrogen and oxygen atoms in total. The molecule has 1 saturated carbocycles. The van der Waals surface area contributed by atoms with Crippen LogP contribution in [0.25, 0.3) is 22.2 Å². The van der Waals surface area contributed by atoms with E-state index in [2.05, 4.69) is 20.9 Å². The van der Waals surface area contributed by atoms with E-state index in [0.29, 0.717) is 5.92 Å². The first-order valence-corrected chi connectivity index (χ1v) is 8.27. The van der Waals surface area contributed by atoms with Crippen molar-refractivity contribution < 1.29 is 0 Å². The quantitative estimate of drug-likeness (QED) is 0.705. The predicted molar refractivity (Wildman–Crippen MR) is 91.9 cm³/mol. The molecule has 110 valence electrons. The van der Waals surface area contributed by atoms with E-state index >= 15 is 0 Å². The summed E-state index contributed by atoms with van der Waals surface area (Å²) in [5.74, 6) is 0.633. The van der Waals surface area contributed by atoms with Crippen LogP contribution in [0.5, 0.6) is 0 Å². The van der Waals surface area contributed by atoms with E-state index in [1.165, 1.54) is 12.8 Å². The van der Waals surface area contributed by atoms with Crippen molar-refractivity contribution in [3.8, 4) is 11.3 Å². The third-order valence-corrected chi connectivity index (χ3v) is 4.62. The molecule has 1 aromatic heterocycles. The molecular weight excluding hydrogens is 340 g/mol. The number of halogens is 1. The SMILES string of the molecule is O=c1nc(-c2ccccc2)c2cc(Br)ccc2n1CC1CC1. The van der Waals surface area contributed by atoms with Gasteiger partial charge in [0.05, 0.1) is 11.2 Å². The zero-order valence-corrected chi connectivity index (χ0v) is 13.6. The second-order valence-corrected chi connectivity index (χ2v) is 6.74. The summed E-state index contributed by atoms with van der Waals surface area (Å²) in [4.78, 5) is 16.9. The molecule has 0 amide bonds. The van der Waals surface area contributed by atoms with E-state index < -0.39 is 0 Å². The van der Waals surface area contributed by atoms with Gasteiger partial charge in [0, 0.05) is 22.0 Å². The summed E-state index contributed by atoms with van der Waals surface area (Å²) in [7, 11) is 0. The topological polar surface area (TPSA) is 34.9 Å². The van der Waals surface area contributed by atoms with Crippen molar-refractivity contribution in [2.45, 2.75) is 19.4 Å². The minimum absolute atomic E-state index is 0.152. The van der Waals surface area contributed by atoms with Crippen molar-refractivity contribution in [2.24, 2.45) is 5.92 Å². The average Bonchev–Trinajstić information content (AvgIpc) is 3.35. The Morgan fingerprint density at radius 1 is 1.14 bits per heavy atom. The Balaban J connectivity index is 2.01. The Kier molecular flexibility index (Phi) is 3.34. The van der Waals surface area contributed by atoms with E-state index in [1.54, 1.807) is 0 Å². The molecule has 22 heavy (non-hydrogen) atoms. The molecule has 4 heteroatoms. The summed E-state index contributed by atoms with van der Waals surface area (Å²) in [5.41, 5.74) is 2.55. The second kappa shape index (κ2) is 5.36. The molecule has 1 aliphatic rings. The highest BCUT2D eigenvalue weighted by atomic mass is 79.9. The van der Waals surface area contributed by atoms with Crippen molar-refractivity contribution in [2.75, 3.05) is 0 Å². The van der Waals surface area contributed by atoms with Crippen LogP contribution < -0.4 is 5.69 Å². The summed E-state index contributed by atoms with van der Waals surface area (Å²) in [6.07, 6.45) is 2.43. The zero-order valence-electron chi connectivity index (χ0n) is 12.0. The van der Waals surface area contributed by atoms with Gasteiger partial charge in [0.15, 0.2) is 0 Å². The summed E-state index contributed by atoms with van der Waals surface area (Å²) < 4.78 is 2.82. The van der Waals surface area contributed by atoms with Gasteiger partial charge in [-0.2, -0.15) is 4.98 Å². The third-order valence-electron chi connectivity index (χ3n) is 4.13. The van der Waals surface area contributed by atoms with Gasteiger partial charge >= 0.3 is 5.69 Å². The van der Waals surface area contributed by atoms with Crippen molar-refractivity contribution in [3.63, 3.8) is 0 Å².